The molecule has 4 aliphatic rings. The minimum Gasteiger partial charge on any atom is -0.307 e. The van der Waals surface area contributed by atoms with Crippen molar-refractivity contribution in [2.24, 2.45) is 5.92 Å². The Hall–Kier alpha value is -2.84. The van der Waals surface area contributed by atoms with E-state index in [4.69, 9.17) is 0 Å². The lowest BCUT2D eigenvalue weighted by Crippen LogP contribution is -2.62. The van der Waals surface area contributed by atoms with Crippen LogP contribution in [0.4, 0.5) is 13.6 Å². The van der Waals surface area contributed by atoms with E-state index in [1.807, 2.05) is 13.8 Å². The zero-order valence-corrected chi connectivity index (χ0v) is 23.5. The summed E-state index contributed by atoms with van der Waals surface area (Å²) >= 11 is 0. The quantitative estimate of drug-likeness (QED) is 0.424. The molecule has 4 heterocycles. The van der Waals surface area contributed by atoms with Crippen LogP contribution in [0.2, 0.25) is 0 Å². The first-order valence-corrected chi connectivity index (χ1v) is 14.8. The molecule has 4 fully saturated rings. The van der Waals surface area contributed by atoms with Crippen molar-refractivity contribution in [3.8, 4) is 0 Å². The number of piperidine rings is 1. The van der Waals surface area contributed by atoms with Crippen LogP contribution in [-0.2, 0) is 11.3 Å². The highest BCUT2D eigenvalue weighted by Gasteiger charge is 2.63. The molecule has 214 valence electrons. The number of alkyl halides is 2. The number of hydrogen-bond acceptors (Lipinski definition) is 4. The average molecular weight is 551 g/mol. The molecule has 2 unspecified atom stereocenters. The second kappa shape index (κ2) is 10.9. The van der Waals surface area contributed by atoms with Crippen molar-refractivity contribution >= 4 is 11.9 Å². The van der Waals surface area contributed by atoms with Crippen molar-refractivity contribution in [3.05, 3.63) is 71.8 Å². The number of urea groups is 1. The number of likely N-dealkylation sites (tertiary alicyclic amines) is 1. The number of carbonyl (C=O) groups excluding carboxylic acids is 2. The van der Waals surface area contributed by atoms with Gasteiger partial charge in [0.15, 0.2) is 0 Å². The molecule has 4 aliphatic heterocycles. The Balaban J connectivity index is 1.22. The molecule has 4 atom stereocenters. The molecule has 0 aliphatic carbocycles. The summed E-state index contributed by atoms with van der Waals surface area (Å²) in [6.45, 7) is 6.84. The molecule has 8 heteroatoms. The van der Waals surface area contributed by atoms with Crippen LogP contribution in [0.25, 0.3) is 0 Å². The van der Waals surface area contributed by atoms with Gasteiger partial charge in [-0.1, -0.05) is 60.7 Å². The van der Waals surface area contributed by atoms with Crippen molar-refractivity contribution in [1.82, 2.24) is 19.6 Å². The molecule has 40 heavy (non-hydrogen) atoms. The number of carbonyl (C=O) groups is 2. The summed E-state index contributed by atoms with van der Waals surface area (Å²) in [6, 6.07) is 21.0. The van der Waals surface area contributed by atoms with Crippen LogP contribution in [0.1, 0.15) is 56.6 Å². The molecule has 2 aromatic rings. The molecule has 6 nitrogen and oxygen atoms in total. The number of benzene rings is 2. The second-order valence-corrected chi connectivity index (χ2v) is 12.5. The number of hydrogen-bond donors (Lipinski definition) is 0. The van der Waals surface area contributed by atoms with Gasteiger partial charge >= 0.3 is 6.03 Å². The molecule has 3 amide bonds. The highest BCUT2D eigenvalue weighted by atomic mass is 19.3. The Morgan fingerprint density at radius 3 is 2.12 bits per heavy atom. The molecular formula is C32H40F2N4O2. The van der Waals surface area contributed by atoms with Crippen molar-refractivity contribution in [2.75, 3.05) is 26.2 Å². The fraction of sp³-hybridized carbons (Fsp3) is 0.562. The molecule has 2 aromatic carbocycles. The molecule has 4 saturated heterocycles. The molecule has 1 spiro atoms. The van der Waals surface area contributed by atoms with Crippen LogP contribution in [-0.4, -0.2) is 87.8 Å². The standard InChI is InChI=1S/C32H40F2N4O2/c1-22(2)38-31(40)37(21-29(33)34)30(39)32(38)15-26-13-14-27(16-32)36(26)19-25-18-35(17-23-9-5-3-6-10-23)20-28(25)24-11-7-4-8-12-24/h3-12,22,25-29H,13-21H2,1-2H3/t25-,26?,27?,28-,32?/m1/s1. The number of fused-ring (bicyclic) bond motifs is 2. The van der Waals surface area contributed by atoms with Crippen LogP contribution >= 0.6 is 0 Å². The maximum Gasteiger partial charge on any atom is 0.328 e. The van der Waals surface area contributed by atoms with E-state index < -0.39 is 30.4 Å². The Labute approximate surface area is 235 Å². The van der Waals surface area contributed by atoms with Crippen molar-refractivity contribution in [2.45, 2.75) is 82.1 Å². The molecule has 0 radical (unpaired) electrons. The number of halogens is 2. The first-order valence-electron chi connectivity index (χ1n) is 14.8. The molecule has 0 aromatic heterocycles. The summed E-state index contributed by atoms with van der Waals surface area (Å²) in [5.74, 6) is 0.449. The Morgan fingerprint density at radius 1 is 0.900 bits per heavy atom. The van der Waals surface area contributed by atoms with Gasteiger partial charge in [-0.25, -0.2) is 13.6 Å². The minimum absolute atomic E-state index is 0.169. The van der Waals surface area contributed by atoms with E-state index >= 15 is 0 Å². The highest BCUT2D eigenvalue weighted by Crippen LogP contribution is 2.49. The van der Waals surface area contributed by atoms with E-state index in [1.54, 1.807) is 4.90 Å². The van der Waals surface area contributed by atoms with E-state index in [0.717, 1.165) is 43.9 Å². The van der Waals surface area contributed by atoms with Crippen LogP contribution < -0.4 is 0 Å². The summed E-state index contributed by atoms with van der Waals surface area (Å²) in [5.41, 5.74) is 1.69. The monoisotopic (exact) mass is 550 g/mol. The molecule has 0 N–H and O–H groups in total. The summed E-state index contributed by atoms with van der Waals surface area (Å²) in [6.07, 6.45) is 0.284. The third-order valence-electron chi connectivity index (χ3n) is 9.73. The van der Waals surface area contributed by atoms with Gasteiger partial charge in [0.2, 0.25) is 0 Å². The smallest absolute Gasteiger partial charge is 0.307 e. The fourth-order valence-electron chi connectivity index (χ4n) is 8.22. The summed E-state index contributed by atoms with van der Waals surface area (Å²) in [5, 5.41) is 0. The first kappa shape index (κ1) is 27.3. The topological polar surface area (TPSA) is 47.1 Å². The lowest BCUT2D eigenvalue weighted by atomic mass is 9.79. The zero-order chi connectivity index (χ0) is 28.0. The van der Waals surface area contributed by atoms with Gasteiger partial charge in [-0.05, 0) is 56.6 Å². The zero-order valence-electron chi connectivity index (χ0n) is 23.5. The van der Waals surface area contributed by atoms with Crippen LogP contribution in [0.15, 0.2) is 60.7 Å². The predicted molar refractivity (Wildman–Crippen MR) is 150 cm³/mol. The maximum atomic E-state index is 13.7. The number of rotatable bonds is 8. The van der Waals surface area contributed by atoms with Gasteiger partial charge in [0, 0.05) is 50.2 Å². The summed E-state index contributed by atoms with van der Waals surface area (Å²) in [4.78, 5) is 34.5. The summed E-state index contributed by atoms with van der Waals surface area (Å²) in [7, 11) is 0. The van der Waals surface area contributed by atoms with Gasteiger partial charge in [0.1, 0.15) is 5.54 Å². The van der Waals surface area contributed by atoms with Crippen molar-refractivity contribution in [1.29, 1.82) is 0 Å². The third kappa shape index (κ3) is 4.83. The van der Waals surface area contributed by atoms with Gasteiger partial charge in [0.25, 0.3) is 12.3 Å². The number of amides is 3. The first-order chi connectivity index (χ1) is 19.3. The predicted octanol–water partition coefficient (Wildman–Crippen LogP) is 5.21. The van der Waals surface area contributed by atoms with Crippen LogP contribution in [0.5, 0.6) is 0 Å². The minimum atomic E-state index is -2.73. The number of imide groups is 1. The maximum absolute atomic E-state index is 13.7. The Bertz CT molecular complexity index is 1200. The second-order valence-electron chi connectivity index (χ2n) is 12.5. The average Bonchev–Trinajstić information content (AvgIpc) is 3.49. The van der Waals surface area contributed by atoms with E-state index in [9.17, 15) is 18.4 Å². The normalized spacial score (nSPS) is 31.1. The van der Waals surface area contributed by atoms with Crippen molar-refractivity contribution < 1.29 is 18.4 Å². The lowest BCUT2D eigenvalue weighted by molar-refractivity contribution is -0.139. The molecule has 2 bridgehead atoms. The summed E-state index contributed by atoms with van der Waals surface area (Å²) < 4.78 is 26.7. The molecular weight excluding hydrogens is 510 g/mol. The lowest BCUT2D eigenvalue weighted by Gasteiger charge is -2.48. The molecule has 0 saturated carbocycles. The van der Waals surface area contributed by atoms with Gasteiger partial charge < -0.3 is 4.90 Å². The number of nitrogens with zero attached hydrogens (tertiary/aromatic N) is 4. The van der Waals surface area contributed by atoms with E-state index in [2.05, 4.69) is 70.5 Å². The van der Waals surface area contributed by atoms with Gasteiger partial charge in [0.05, 0.1) is 6.54 Å². The van der Waals surface area contributed by atoms with Gasteiger partial charge in [-0.3, -0.25) is 19.5 Å². The van der Waals surface area contributed by atoms with Crippen LogP contribution in [0.3, 0.4) is 0 Å². The highest BCUT2D eigenvalue weighted by molar-refractivity contribution is 6.07. The molecule has 6 rings (SSSR count). The fourth-order valence-corrected chi connectivity index (χ4v) is 8.22. The third-order valence-corrected chi connectivity index (χ3v) is 9.73. The Morgan fingerprint density at radius 2 is 1.52 bits per heavy atom. The largest absolute Gasteiger partial charge is 0.328 e. The van der Waals surface area contributed by atoms with Gasteiger partial charge in [-0.2, -0.15) is 0 Å². The van der Waals surface area contributed by atoms with Gasteiger partial charge in [-0.15, -0.1) is 0 Å². The van der Waals surface area contributed by atoms with Crippen LogP contribution in [0, 0.1) is 5.92 Å². The van der Waals surface area contributed by atoms with Crippen molar-refractivity contribution in [3.63, 3.8) is 0 Å². The SMILES string of the molecule is CC(C)N1C(=O)N(CC(F)F)C(=O)C12CC1CCC(C2)N1C[C@H]1CN(Cc2ccccc2)C[C@@H]1c1ccccc1. The van der Waals surface area contributed by atoms with E-state index in [0.29, 0.717) is 24.7 Å². The Kier molecular flexibility index (Phi) is 7.42. The van der Waals surface area contributed by atoms with E-state index in [-0.39, 0.29) is 18.1 Å². The van der Waals surface area contributed by atoms with E-state index in [1.165, 1.54) is 11.1 Å².